The molecule has 0 aliphatic carbocycles. The Bertz CT molecular complexity index is 1030. The van der Waals surface area contributed by atoms with Crippen LogP contribution in [0.3, 0.4) is 0 Å². The molecule has 4 rings (SSSR count). The molecule has 2 aromatic carbocycles. The number of ketones is 1. The van der Waals surface area contributed by atoms with E-state index in [1.54, 1.807) is 12.1 Å². The van der Waals surface area contributed by atoms with Gasteiger partial charge in [-0.05, 0) is 54.6 Å². The van der Waals surface area contributed by atoms with Gasteiger partial charge in [0.25, 0.3) is 0 Å². The normalized spacial score (nSPS) is 12.0. The minimum absolute atomic E-state index is 0.0654. The Hall–Kier alpha value is -3.48. The number of H-pyrrole nitrogens is 1. The van der Waals surface area contributed by atoms with Gasteiger partial charge in [-0.25, -0.2) is 8.78 Å². The van der Waals surface area contributed by atoms with Crippen LogP contribution in [0.5, 0.6) is 11.5 Å². The number of fused-ring (bicyclic) bond motifs is 1. The molecule has 0 saturated heterocycles. The third kappa shape index (κ3) is 4.09. The second kappa shape index (κ2) is 8.47. The molecule has 0 atom stereocenters. The highest BCUT2D eigenvalue weighted by atomic mass is 19.2. The quantitative estimate of drug-likeness (QED) is 0.508. The van der Waals surface area contributed by atoms with E-state index >= 15 is 0 Å². The SMILES string of the molecule is CC.O=C(/C=C/c1cc(-c2ccc3c(c2)OCO3)n[nH]1)c1ccc(F)c(F)c1. The fourth-order valence-electron chi connectivity index (χ4n) is 2.54. The molecule has 0 radical (unpaired) electrons. The molecule has 28 heavy (non-hydrogen) atoms. The third-order valence-electron chi connectivity index (χ3n) is 3.88. The number of halogens is 2. The molecular formula is C21H18F2N2O3. The Labute approximate surface area is 160 Å². The van der Waals surface area contributed by atoms with E-state index in [9.17, 15) is 13.6 Å². The first kappa shape index (κ1) is 19.3. The number of nitrogens with one attached hydrogen (secondary N) is 1. The van der Waals surface area contributed by atoms with Gasteiger partial charge in [-0.15, -0.1) is 0 Å². The van der Waals surface area contributed by atoms with Crippen LogP contribution in [0.1, 0.15) is 29.9 Å². The molecule has 0 unspecified atom stereocenters. The highest BCUT2D eigenvalue weighted by molar-refractivity contribution is 6.06. The first-order valence-corrected chi connectivity index (χ1v) is 8.73. The third-order valence-corrected chi connectivity index (χ3v) is 3.88. The lowest BCUT2D eigenvalue weighted by molar-refractivity contribution is 0.104. The van der Waals surface area contributed by atoms with Crippen LogP contribution in [0.2, 0.25) is 0 Å². The maximum Gasteiger partial charge on any atom is 0.231 e. The zero-order valence-electron chi connectivity index (χ0n) is 15.3. The lowest BCUT2D eigenvalue weighted by Crippen LogP contribution is -1.96. The van der Waals surface area contributed by atoms with Gasteiger partial charge in [-0.2, -0.15) is 5.10 Å². The molecule has 0 amide bonds. The number of hydrogen-bond acceptors (Lipinski definition) is 4. The van der Waals surface area contributed by atoms with Crippen molar-refractivity contribution < 1.29 is 23.0 Å². The van der Waals surface area contributed by atoms with Crippen LogP contribution in [0.4, 0.5) is 8.78 Å². The van der Waals surface area contributed by atoms with Crippen LogP contribution in [-0.2, 0) is 0 Å². The van der Waals surface area contributed by atoms with Crippen molar-refractivity contribution in [2.24, 2.45) is 0 Å². The number of nitrogens with zero attached hydrogens (tertiary/aromatic N) is 1. The van der Waals surface area contributed by atoms with E-state index in [0.29, 0.717) is 22.9 Å². The highest BCUT2D eigenvalue weighted by Gasteiger charge is 2.15. The number of ether oxygens (including phenoxy) is 2. The van der Waals surface area contributed by atoms with Crippen molar-refractivity contribution in [2.45, 2.75) is 13.8 Å². The molecule has 0 bridgehead atoms. The van der Waals surface area contributed by atoms with Crippen molar-refractivity contribution in [3.05, 3.63) is 71.4 Å². The lowest BCUT2D eigenvalue weighted by atomic mass is 10.1. The Morgan fingerprint density at radius 1 is 1.04 bits per heavy atom. The van der Waals surface area contributed by atoms with Crippen LogP contribution in [0.15, 0.2) is 48.5 Å². The zero-order valence-corrected chi connectivity index (χ0v) is 15.3. The second-order valence-electron chi connectivity index (χ2n) is 5.60. The lowest BCUT2D eigenvalue weighted by Gasteiger charge is -1.98. The molecular weight excluding hydrogens is 366 g/mol. The molecule has 144 valence electrons. The molecule has 1 aliphatic rings. The van der Waals surface area contributed by atoms with Crippen LogP contribution in [0, 0.1) is 11.6 Å². The number of aromatic nitrogens is 2. The first-order chi connectivity index (χ1) is 13.6. The predicted molar refractivity (Wildman–Crippen MR) is 101 cm³/mol. The predicted octanol–water partition coefficient (Wildman–Crippen LogP) is 5.01. The molecule has 3 aromatic rings. The summed E-state index contributed by atoms with van der Waals surface area (Å²) in [5, 5.41) is 7.00. The molecule has 0 fully saturated rings. The van der Waals surface area contributed by atoms with Crippen LogP contribution < -0.4 is 9.47 Å². The van der Waals surface area contributed by atoms with Gasteiger partial charge in [-0.3, -0.25) is 9.89 Å². The van der Waals surface area contributed by atoms with E-state index in [4.69, 9.17) is 9.47 Å². The van der Waals surface area contributed by atoms with E-state index in [2.05, 4.69) is 10.2 Å². The number of benzene rings is 2. The fourth-order valence-corrected chi connectivity index (χ4v) is 2.54. The van der Waals surface area contributed by atoms with Gasteiger partial charge in [0, 0.05) is 11.1 Å². The average Bonchev–Trinajstić information content (AvgIpc) is 3.38. The summed E-state index contributed by atoms with van der Waals surface area (Å²) in [5.74, 6) is -1.16. The van der Waals surface area contributed by atoms with Gasteiger partial charge in [0.15, 0.2) is 28.9 Å². The number of rotatable bonds is 4. The summed E-state index contributed by atoms with van der Waals surface area (Å²) in [5.41, 5.74) is 2.16. The summed E-state index contributed by atoms with van der Waals surface area (Å²) in [6.45, 7) is 4.19. The number of aromatic amines is 1. The Morgan fingerprint density at radius 2 is 1.82 bits per heavy atom. The van der Waals surface area contributed by atoms with Gasteiger partial charge in [0.05, 0.1) is 11.4 Å². The standard InChI is InChI=1S/C19H12F2N2O3.C2H6/c20-14-4-1-12(7-15(14)21)17(24)5-3-13-9-16(23-22-13)11-2-6-18-19(8-11)26-10-25-18;1-2/h1-9H,10H2,(H,22,23);1-2H3/b5-3+;. The van der Waals surface area contributed by atoms with Gasteiger partial charge in [0.2, 0.25) is 6.79 Å². The average molecular weight is 384 g/mol. The molecule has 0 saturated carbocycles. The number of carbonyl (C=O) groups is 1. The minimum Gasteiger partial charge on any atom is -0.454 e. The molecule has 7 heteroatoms. The number of allylic oxidation sites excluding steroid dienone is 1. The summed E-state index contributed by atoms with van der Waals surface area (Å²) in [7, 11) is 0. The maximum atomic E-state index is 13.2. The Kier molecular flexibility index (Phi) is 5.84. The Balaban J connectivity index is 0.00000109. The summed E-state index contributed by atoms with van der Waals surface area (Å²) in [6, 6.07) is 10.2. The van der Waals surface area contributed by atoms with E-state index in [0.717, 1.165) is 17.7 Å². The van der Waals surface area contributed by atoms with Gasteiger partial charge < -0.3 is 9.47 Å². The van der Waals surface area contributed by atoms with Crippen molar-refractivity contribution in [3.8, 4) is 22.8 Å². The van der Waals surface area contributed by atoms with E-state index in [1.165, 1.54) is 18.2 Å². The summed E-state index contributed by atoms with van der Waals surface area (Å²) in [4.78, 5) is 12.0. The molecule has 5 nitrogen and oxygen atoms in total. The van der Waals surface area contributed by atoms with Crippen molar-refractivity contribution in [2.75, 3.05) is 6.79 Å². The largest absolute Gasteiger partial charge is 0.454 e. The monoisotopic (exact) mass is 384 g/mol. The maximum absolute atomic E-state index is 13.2. The van der Waals surface area contributed by atoms with Crippen molar-refractivity contribution in [3.63, 3.8) is 0 Å². The smallest absolute Gasteiger partial charge is 0.231 e. The fraction of sp³-hybridized carbons (Fsp3) is 0.143. The summed E-state index contributed by atoms with van der Waals surface area (Å²) >= 11 is 0. The van der Waals surface area contributed by atoms with Crippen molar-refractivity contribution >= 4 is 11.9 Å². The van der Waals surface area contributed by atoms with Gasteiger partial charge in [0.1, 0.15) is 0 Å². The van der Waals surface area contributed by atoms with Crippen LogP contribution >= 0.6 is 0 Å². The van der Waals surface area contributed by atoms with Crippen LogP contribution in [0.25, 0.3) is 17.3 Å². The van der Waals surface area contributed by atoms with Gasteiger partial charge in [-0.1, -0.05) is 13.8 Å². The number of carbonyl (C=O) groups excluding carboxylic acids is 1. The molecule has 1 N–H and O–H groups in total. The summed E-state index contributed by atoms with van der Waals surface area (Å²) in [6.07, 6.45) is 2.79. The van der Waals surface area contributed by atoms with Crippen LogP contribution in [-0.4, -0.2) is 22.8 Å². The molecule has 0 spiro atoms. The Morgan fingerprint density at radius 3 is 2.61 bits per heavy atom. The number of hydrogen-bond donors (Lipinski definition) is 1. The molecule has 1 aliphatic heterocycles. The molecule has 1 aromatic heterocycles. The highest BCUT2D eigenvalue weighted by Crippen LogP contribution is 2.35. The van der Waals surface area contributed by atoms with E-state index < -0.39 is 17.4 Å². The second-order valence-corrected chi connectivity index (χ2v) is 5.60. The first-order valence-electron chi connectivity index (χ1n) is 8.73. The van der Waals surface area contributed by atoms with E-state index in [-0.39, 0.29) is 12.4 Å². The van der Waals surface area contributed by atoms with E-state index in [1.807, 2.05) is 26.0 Å². The minimum atomic E-state index is -1.06. The topological polar surface area (TPSA) is 64.2 Å². The van der Waals surface area contributed by atoms with Crippen molar-refractivity contribution in [1.82, 2.24) is 10.2 Å². The summed E-state index contributed by atoms with van der Waals surface area (Å²) < 4.78 is 36.7. The molecule has 2 heterocycles. The van der Waals surface area contributed by atoms with Crippen molar-refractivity contribution in [1.29, 1.82) is 0 Å². The zero-order chi connectivity index (χ0) is 20.1. The van der Waals surface area contributed by atoms with Gasteiger partial charge >= 0.3 is 0 Å².